The summed E-state index contributed by atoms with van der Waals surface area (Å²) in [5.41, 5.74) is 5.07. The third-order valence-electron chi connectivity index (χ3n) is 4.75. The predicted molar refractivity (Wildman–Crippen MR) is 108 cm³/mol. The summed E-state index contributed by atoms with van der Waals surface area (Å²) in [5, 5.41) is 7.53. The van der Waals surface area contributed by atoms with Gasteiger partial charge >= 0.3 is 5.97 Å². The zero-order valence-electron chi connectivity index (χ0n) is 16.4. The molecule has 1 aromatic heterocycles. The second-order valence-corrected chi connectivity index (χ2v) is 6.62. The number of anilines is 1. The molecule has 1 amide bonds. The first-order chi connectivity index (χ1) is 13.4. The fourth-order valence-electron chi connectivity index (χ4n) is 3.17. The maximum atomic E-state index is 12.7. The monoisotopic (exact) mass is 377 g/mol. The van der Waals surface area contributed by atoms with Crippen molar-refractivity contribution in [1.82, 2.24) is 9.78 Å². The molecule has 0 aliphatic rings. The van der Waals surface area contributed by atoms with Gasteiger partial charge in [-0.3, -0.25) is 9.48 Å². The highest BCUT2D eigenvalue weighted by atomic mass is 16.5. The number of amides is 1. The fourth-order valence-corrected chi connectivity index (χ4v) is 3.17. The SMILES string of the molecule is COC(=O)c1ccccc1Cn1nc(C)c(NC(=O)c2ccccc2C)c1C. The van der Waals surface area contributed by atoms with E-state index in [0.717, 1.165) is 22.5 Å². The Balaban J connectivity index is 1.88. The van der Waals surface area contributed by atoms with E-state index in [1.165, 1.54) is 7.11 Å². The molecule has 144 valence electrons. The first-order valence-electron chi connectivity index (χ1n) is 8.99. The summed E-state index contributed by atoms with van der Waals surface area (Å²) in [6.45, 7) is 6.05. The third kappa shape index (κ3) is 3.81. The van der Waals surface area contributed by atoms with Crippen molar-refractivity contribution in [3.63, 3.8) is 0 Å². The van der Waals surface area contributed by atoms with Gasteiger partial charge in [0.25, 0.3) is 5.91 Å². The lowest BCUT2D eigenvalue weighted by atomic mass is 10.1. The average molecular weight is 377 g/mol. The Morgan fingerprint density at radius 3 is 2.32 bits per heavy atom. The average Bonchev–Trinajstić information content (AvgIpc) is 2.95. The number of nitrogens with zero attached hydrogens (tertiary/aromatic N) is 2. The minimum atomic E-state index is -0.384. The Kier molecular flexibility index (Phi) is 5.59. The molecule has 0 saturated carbocycles. The second-order valence-electron chi connectivity index (χ2n) is 6.62. The maximum absolute atomic E-state index is 12.7. The largest absolute Gasteiger partial charge is 0.465 e. The number of aromatic nitrogens is 2. The molecule has 2 aromatic carbocycles. The molecule has 0 bridgehead atoms. The highest BCUT2D eigenvalue weighted by Crippen LogP contribution is 2.23. The van der Waals surface area contributed by atoms with Crippen molar-refractivity contribution in [3.05, 3.63) is 82.2 Å². The number of nitrogens with one attached hydrogen (secondary N) is 1. The van der Waals surface area contributed by atoms with Crippen molar-refractivity contribution in [2.45, 2.75) is 27.3 Å². The minimum absolute atomic E-state index is 0.168. The molecule has 0 unspecified atom stereocenters. The predicted octanol–water partition coefficient (Wildman–Crippen LogP) is 3.90. The van der Waals surface area contributed by atoms with E-state index in [9.17, 15) is 9.59 Å². The van der Waals surface area contributed by atoms with E-state index in [1.807, 2.05) is 51.1 Å². The number of esters is 1. The molecule has 3 aromatic rings. The van der Waals surface area contributed by atoms with E-state index in [1.54, 1.807) is 22.9 Å². The Morgan fingerprint density at radius 1 is 1.00 bits per heavy atom. The van der Waals surface area contributed by atoms with Crippen molar-refractivity contribution >= 4 is 17.6 Å². The lowest BCUT2D eigenvalue weighted by Gasteiger charge is -2.10. The number of aryl methyl sites for hydroxylation is 2. The zero-order valence-corrected chi connectivity index (χ0v) is 16.4. The summed E-state index contributed by atoms with van der Waals surface area (Å²) in [6.07, 6.45) is 0. The maximum Gasteiger partial charge on any atom is 0.338 e. The number of carbonyl (C=O) groups is 2. The number of carbonyl (C=O) groups excluding carboxylic acids is 2. The van der Waals surface area contributed by atoms with Crippen LogP contribution < -0.4 is 5.32 Å². The Hall–Kier alpha value is -3.41. The Bertz CT molecular complexity index is 1040. The van der Waals surface area contributed by atoms with E-state index >= 15 is 0 Å². The van der Waals surface area contributed by atoms with Crippen LogP contribution in [0.1, 0.15) is 43.2 Å². The summed E-state index contributed by atoms with van der Waals surface area (Å²) in [6, 6.07) is 14.7. The van der Waals surface area contributed by atoms with Crippen LogP contribution in [0.3, 0.4) is 0 Å². The van der Waals surface area contributed by atoms with E-state index < -0.39 is 0 Å². The van der Waals surface area contributed by atoms with E-state index in [-0.39, 0.29) is 11.9 Å². The number of ether oxygens (including phenoxy) is 1. The van der Waals surface area contributed by atoms with Crippen LogP contribution in [0.25, 0.3) is 0 Å². The van der Waals surface area contributed by atoms with Crippen molar-refractivity contribution < 1.29 is 14.3 Å². The van der Waals surface area contributed by atoms with E-state index in [4.69, 9.17) is 4.74 Å². The molecular weight excluding hydrogens is 354 g/mol. The van der Waals surface area contributed by atoms with Crippen LogP contribution in [0, 0.1) is 20.8 Å². The summed E-state index contributed by atoms with van der Waals surface area (Å²) in [4.78, 5) is 24.7. The normalized spacial score (nSPS) is 10.6. The summed E-state index contributed by atoms with van der Waals surface area (Å²) >= 11 is 0. The molecule has 0 atom stereocenters. The zero-order chi connectivity index (χ0) is 20.3. The molecule has 28 heavy (non-hydrogen) atoms. The summed E-state index contributed by atoms with van der Waals surface area (Å²) in [5.74, 6) is -0.552. The van der Waals surface area contributed by atoms with E-state index in [0.29, 0.717) is 23.4 Å². The van der Waals surface area contributed by atoms with Gasteiger partial charge in [0, 0.05) is 5.56 Å². The van der Waals surface area contributed by atoms with E-state index in [2.05, 4.69) is 10.4 Å². The molecule has 0 spiro atoms. The van der Waals surface area contributed by atoms with Crippen LogP contribution in [0.2, 0.25) is 0 Å². The van der Waals surface area contributed by atoms with Crippen molar-refractivity contribution in [2.24, 2.45) is 0 Å². The standard InChI is InChI=1S/C22H23N3O3/c1-14-9-5-7-11-18(14)21(26)23-20-15(2)24-25(16(20)3)13-17-10-6-8-12-19(17)22(27)28-4/h5-12H,13H2,1-4H3,(H,23,26). The molecule has 0 saturated heterocycles. The summed E-state index contributed by atoms with van der Waals surface area (Å²) in [7, 11) is 1.36. The number of hydrogen-bond donors (Lipinski definition) is 1. The van der Waals surface area contributed by atoms with Crippen LogP contribution in [0.5, 0.6) is 0 Å². The van der Waals surface area contributed by atoms with Gasteiger partial charge in [-0.1, -0.05) is 36.4 Å². The van der Waals surface area contributed by atoms with Gasteiger partial charge in [-0.25, -0.2) is 4.79 Å². The summed E-state index contributed by atoms with van der Waals surface area (Å²) < 4.78 is 6.64. The number of rotatable bonds is 5. The van der Waals surface area contributed by atoms with Crippen LogP contribution in [0.4, 0.5) is 5.69 Å². The molecule has 6 heteroatoms. The van der Waals surface area contributed by atoms with Gasteiger partial charge in [0.05, 0.1) is 36.3 Å². The molecule has 0 aliphatic carbocycles. The Morgan fingerprint density at radius 2 is 1.64 bits per heavy atom. The highest BCUT2D eigenvalue weighted by Gasteiger charge is 2.18. The molecule has 0 radical (unpaired) electrons. The Labute approximate surface area is 164 Å². The minimum Gasteiger partial charge on any atom is -0.465 e. The van der Waals surface area contributed by atoms with Gasteiger partial charge in [-0.15, -0.1) is 0 Å². The lowest BCUT2D eigenvalue weighted by Crippen LogP contribution is -2.15. The van der Waals surface area contributed by atoms with Gasteiger partial charge in [0.1, 0.15) is 0 Å². The number of benzene rings is 2. The van der Waals surface area contributed by atoms with Gasteiger partial charge in [-0.2, -0.15) is 5.10 Å². The smallest absolute Gasteiger partial charge is 0.338 e. The van der Waals surface area contributed by atoms with Crippen LogP contribution >= 0.6 is 0 Å². The number of hydrogen-bond acceptors (Lipinski definition) is 4. The van der Waals surface area contributed by atoms with Gasteiger partial charge in [-0.05, 0) is 44.0 Å². The molecular formula is C22H23N3O3. The van der Waals surface area contributed by atoms with Crippen LogP contribution in [0.15, 0.2) is 48.5 Å². The third-order valence-corrected chi connectivity index (χ3v) is 4.75. The molecule has 0 aliphatic heterocycles. The quantitative estimate of drug-likeness (QED) is 0.685. The molecule has 1 N–H and O–H groups in total. The second kappa shape index (κ2) is 8.08. The molecule has 6 nitrogen and oxygen atoms in total. The van der Waals surface area contributed by atoms with Gasteiger partial charge in [0.15, 0.2) is 0 Å². The highest BCUT2D eigenvalue weighted by molar-refractivity contribution is 6.05. The van der Waals surface area contributed by atoms with Crippen molar-refractivity contribution in [3.8, 4) is 0 Å². The first-order valence-corrected chi connectivity index (χ1v) is 8.99. The lowest BCUT2D eigenvalue weighted by molar-refractivity contribution is 0.0599. The van der Waals surface area contributed by atoms with Crippen molar-refractivity contribution in [2.75, 3.05) is 12.4 Å². The van der Waals surface area contributed by atoms with Gasteiger partial charge in [0.2, 0.25) is 0 Å². The van der Waals surface area contributed by atoms with Crippen LogP contribution in [-0.2, 0) is 11.3 Å². The topological polar surface area (TPSA) is 73.2 Å². The molecule has 0 fully saturated rings. The molecule has 3 rings (SSSR count). The fraction of sp³-hybridized carbons (Fsp3) is 0.227. The van der Waals surface area contributed by atoms with Crippen LogP contribution in [-0.4, -0.2) is 28.8 Å². The van der Waals surface area contributed by atoms with Gasteiger partial charge < -0.3 is 10.1 Å². The number of methoxy groups -OCH3 is 1. The first kappa shape index (κ1) is 19.4. The van der Waals surface area contributed by atoms with Crippen molar-refractivity contribution in [1.29, 1.82) is 0 Å². The molecule has 1 heterocycles.